The molecule has 0 fully saturated rings. The SMILES string of the molecule is O=c1[nH]c2ccc(C(Br)c3ccc(Cl)o3)cc2[nH]c1=O. The third-order valence-electron chi connectivity index (χ3n) is 2.88. The molecule has 0 bridgehead atoms. The van der Waals surface area contributed by atoms with Gasteiger partial charge in [-0.15, -0.1) is 0 Å². The molecule has 102 valence electrons. The van der Waals surface area contributed by atoms with E-state index in [9.17, 15) is 9.59 Å². The average Bonchev–Trinajstić information content (AvgIpc) is 2.85. The predicted molar refractivity (Wildman–Crippen MR) is 79.7 cm³/mol. The molecule has 2 heterocycles. The van der Waals surface area contributed by atoms with E-state index >= 15 is 0 Å². The van der Waals surface area contributed by atoms with Crippen molar-refractivity contribution in [3.63, 3.8) is 0 Å². The highest BCUT2D eigenvalue weighted by atomic mass is 79.9. The van der Waals surface area contributed by atoms with Crippen LogP contribution in [-0.4, -0.2) is 9.97 Å². The van der Waals surface area contributed by atoms with Crippen molar-refractivity contribution in [3.8, 4) is 0 Å². The predicted octanol–water partition coefficient (Wildman–Crippen LogP) is 2.95. The van der Waals surface area contributed by atoms with E-state index < -0.39 is 11.1 Å². The third-order valence-corrected chi connectivity index (χ3v) is 4.07. The number of hydrogen-bond acceptors (Lipinski definition) is 3. The Bertz CT molecular complexity index is 896. The van der Waals surface area contributed by atoms with Crippen LogP contribution in [0.5, 0.6) is 0 Å². The highest BCUT2D eigenvalue weighted by Crippen LogP contribution is 2.33. The fourth-order valence-electron chi connectivity index (χ4n) is 1.92. The van der Waals surface area contributed by atoms with Crippen LogP contribution >= 0.6 is 27.5 Å². The maximum absolute atomic E-state index is 11.3. The summed E-state index contributed by atoms with van der Waals surface area (Å²) in [5, 5.41) is 0.308. The zero-order chi connectivity index (χ0) is 14.3. The second kappa shape index (κ2) is 4.96. The van der Waals surface area contributed by atoms with E-state index in [1.54, 1.807) is 24.3 Å². The standard InChI is InChI=1S/C13H8BrClN2O3/c14-11(9-3-4-10(15)20-9)6-1-2-7-8(5-6)17-13(19)12(18)16-7/h1-5,11H,(H,16,18)(H,17,19). The molecule has 2 aromatic heterocycles. The normalized spacial score (nSPS) is 12.7. The van der Waals surface area contributed by atoms with Gasteiger partial charge in [0.25, 0.3) is 0 Å². The lowest BCUT2D eigenvalue weighted by molar-refractivity contribution is 0.521. The summed E-state index contributed by atoms with van der Waals surface area (Å²) in [7, 11) is 0. The van der Waals surface area contributed by atoms with Crippen LogP contribution in [0.2, 0.25) is 5.22 Å². The Kier molecular flexibility index (Phi) is 3.27. The minimum absolute atomic E-state index is 0.199. The van der Waals surface area contributed by atoms with Crippen molar-refractivity contribution >= 4 is 38.6 Å². The number of aromatic nitrogens is 2. The van der Waals surface area contributed by atoms with Crippen molar-refractivity contribution in [1.82, 2.24) is 9.97 Å². The Labute approximate surface area is 125 Å². The van der Waals surface area contributed by atoms with Crippen molar-refractivity contribution in [1.29, 1.82) is 0 Å². The van der Waals surface area contributed by atoms with Gasteiger partial charge in [0.2, 0.25) is 0 Å². The average molecular weight is 356 g/mol. The van der Waals surface area contributed by atoms with Crippen LogP contribution in [0, 0.1) is 0 Å². The number of aromatic amines is 2. The summed E-state index contributed by atoms with van der Waals surface area (Å²) in [5.41, 5.74) is 0.635. The summed E-state index contributed by atoms with van der Waals surface area (Å²) >= 11 is 9.26. The van der Waals surface area contributed by atoms with E-state index in [-0.39, 0.29) is 4.83 Å². The maximum Gasteiger partial charge on any atom is 0.314 e. The summed E-state index contributed by atoms with van der Waals surface area (Å²) in [6, 6.07) is 8.74. The number of H-pyrrole nitrogens is 2. The first kappa shape index (κ1) is 13.2. The first-order valence-electron chi connectivity index (χ1n) is 5.70. The van der Waals surface area contributed by atoms with Gasteiger partial charge < -0.3 is 14.4 Å². The molecule has 20 heavy (non-hydrogen) atoms. The molecule has 0 spiro atoms. The fourth-order valence-corrected chi connectivity index (χ4v) is 2.60. The Morgan fingerprint density at radius 3 is 2.40 bits per heavy atom. The van der Waals surface area contributed by atoms with E-state index in [1.165, 1.54) is 0 Å². The van der Waals surface area contributed by atoms with Crippen molar-refractivity contribution in [2.75, 3.05) is 0 Å². The lowest BCUT2D eigenvalue weighted by atomic mass is 10.1. The third kappa shape index (κ3) is 2.32. The number of fused-ring (bicyclic) bond motifs is 1. The minimum atomic E-state index is -0.679. The Morgan fingerprint density at radius 2 is 1.75 bits per heavy atom. The molecule has 0 saturated carbocycles. The zero-order valence-electron chi connectivity index (χ0n) is 9.94. The van der Waals surface area contributed by atoms with Crippen LogP contribution in [0.15, 0.2) is 44.3 Å². The molecule has 5 nitrogen and oxygen atoms in total. The zero-order valence-corrected chi connectivity index (χ0v) is 12.3. The van der Waals surface area contributed by atoms with Gasteiger partial charge in [0, 0.05) is 0 Å². The van der Waals surface area contributed by atoms with Crippen molar-refractivity contribution in [3.05, 3.63) is 67.6 Å². The highest BCUT2D eigenvalue weighted by Gasteiger charge is 2.15. The molecule has 0 radical (unpaired) electrons. The van der Waals surface area contributed by atoms with Gasteiger partial charge in [0.1, 0.15) is 5.76 Å². The molecular weight excluding hydrogens is 348 g/mol. The van der Waals surface area contributed by atoms with E-state index in [0.29, 0.717) is 22.0 Å². The van der Waals surface area contributed by atoms with E-state index in [0.717, 1.165) is 5.56 Å². The molecule has 0 aliphatic rings. The topological polar surface area (TPSA) is 78.9 Å². The fraction of sp³-hybridized carbons (Fsp3) is 0.0769. The minimum Gasteiger partial charge on any atom is -0.448 e. The molecule has 3 aromatic rings. The second-order valence-corrected chi connectivity index (χ2v) is 5.51. The summed E-state index contributed by atoms with van der Waals surface area (Å²) in [6.45, 7) is 0. The molecule has 0 aliphatic carbocycles. The van der Waals surface area contributed by atoms with Crippen LogP contribution in [0.1, 0.15) is 16.2 Å². The first-order chi connectivity index (χ1) is 9.54. The molecule has 1 atom stereocenters. The Balaban J connectivity index is 2.11. The summed E-state index contributed by atoms with van der Waals surface area (Å²) < 4.78 is 5.34. The number of hydrogen-bond donors (Lipinski definition) is 2. The molecule has 0 saturated heterocycles. The Hall–Kier alpha value is -1.79. The number of benzene rings is 1. The first-order valence-corrected chi connectivity index (χ1v) is 6.99. The van der Waals surface area contributed by atoms with Gasteiger partial charge in [-0.2, -0.15) is 0 Å². The smallest absolute Gasteiger partial charge is 0.314 e. The molecule has 1 aromatic carbocycles. The van der Waals surface area contributed by atoms with Gasteiger partial charge in [-0.05, 0) is 41.4 Å². The van der Waals surface area contributed by atoms with Gasteiger partial charge in [-0.25, -0.2) is 0 Å². The maximum atomic E-state index is 11.3. The molecule has 3 rings (SSSR count). The quantitative estimate of drug-likeness (QED) is 0.548. The van der Waals surface area contributed by atoms with Gasteiger partial charge in [0.05, 0.1) is 15.9 Å². The highest BCUT2D eigenvalue weighted by molar-refractivity contribution is 9.09. The van der Waals surface area contributed by atoms with Crippen LogP contribution in [0.3, 0.4) is 0 Å². The van der Waals surface area contributed by atoms with Crippen molar-refractivity contribution in [2.45, 2.75) is 4.83 Å². The lowest BCUT2D eigenvalue weighted by Gasteiger charge is -2.08. The van der Waals surface area contributed by atoms with Crippen molar-refractivity contribution < 1.29 is 4.42 Å². The summed E-state index contributed by atoms with van der Waals surface area (Å²) in [6.07, 6.45) is 0. The molecule has 7 heteroatoms. The lowest BCUT2D eigenvalue weighted by Crippen LogP contribution is -2.28. The molecule has 0 aliphatic heterocycles. The number of rotatable bonds is 2. The van der Waals surface area contributed by atoms with Crippen LogP contribution in [0.25, 0.3) is 11.0 Å². The second-order valence-electron chi connectivity index (χ2n) is 4.22. The molecule has 0 amide bonds. The largest absolute Gasteiger partial charge is 0.448 e. The van der Waals surface area contributed by atoms with Gasteiger partial charge in [-0.3, -0.25) is 9.59 Å². The van der Waals surface area contributed by atoms with E-state index in [2.05, 4.69) is 25.9 Å². The monoisotopic (exact) mass is 354 g/mol. The van der Waals surface area contributed by atoms with E-state index in [4.69, 9.17) is 16.0 Å². The van der Waals surface area contributed by atoms with Gasteiger partial charge >= 0.3 is 11.1 Å². The van der Waals surface area contributed by atoms with Crippen LogP contribution in [-0.2, 0) is 0 Å². The van der Waals surface area contributed by atoms with Gasteiger partial charge in [0.15, 0.2) is 5.22 Å². The van der Waals surface area contributed by atoms with Crippen LogP contribution < -0.4 is 11.1 Å². The summed E-state index contributed by atoms with van der Waals surface area (Å²) in [4.78, 5) is 27.4. The molecular formula is C13H8BrClN2O3. The summed E-state index contributed by atoms with van der Waals surface area (Å²) in [5.74, 6) is 0.654. The number of halogens is 2. The number of alkyl halides is 1. The number of nitrogens with one attached hydrogen (secondary N) is 2. The number of furan rings is 1. The molecule has 1 unspecified atom stereocenters. The Morgan fingerprint density at radius 1 is 1.05 bits per heavy atom. The van der Waals surface area contributed by atoms with Gasteiger partial charge in [-0.1, -0.05) is 22.0 Å². The molecule has 2 N–H and O–H groups in total. The van der Waals surface area contributed by atoms with Crippen LogP contribution in [0.4, 0.5) is 0 Å². The van der Waals surface area contributed by atoms with E-state index in [1.807, 2.05) is 6.07 Å². The van der Waals surface area contributed by atoms with Crippen molar-refractivity contribution in [2.24, 2.45) is 0 Å².